The van der Waals surface area contributed by atoms with E-state index in [9.17, 15) is 4.79 Å². The molecule has 0 N–H and O–H groups in total. The van der Waals surface area contributed by atoms with E-state index in [0.717, 1.165) is 17.3 Å². The van der Waals surface area contributed by atoms with Gasteiger partial charge in [0.15, 0.2) is 0 Å². The number of amides is 1. The summed E-state index contributed by atoms with van der Waals surface area (Å²) in [7, 11) is 0. The van der Waals surface area contributed by atoms with E-state index >= 15 is 0 Å². The summed E-state index contributed by atoms with van der Waals surface area (Å²) < 4.78 is 6.57. The molecule has 8 heteroatoms. The lowest BCUT2D eigenvalue weighted by atomic mass is 10.1. The first-order valence-corrected chi connectivity index (χ1v) is 8.96. The molecule has 5 nitrogen and oxygen atoms in total. The number of rotatable bonds is 3. The Morgan fingerprint density at radius 2 is 2.04 bits per heavy atom. The monoisotopic (exact) mass is 429 g/mol. The van der Waals surface area contributed by atoms with E-state index in [4.69, 9.17) is 27.9 Å². The lowest BCUT2D eigenvalue weighted by molar-refractivity contribution is 0.0516. The Kier molecular flexibility index (Phi) is 5.58. The molecule has 24 heavy (non-hydrogen) atoms. The molecular weight excluding hydrogens is 417 g/mol. The second-order valence-corrected chi connectivity index (χ2v) is 7.20. The molecule has 0 aliphatic carbocycles. The van der Waals surface area contributed by atoms with Crippen LogP contribution in [-0.2, 0) is 0 Å². The predicted octanol–water partition coefficient (Wildman–Crippen LogP) is 4.23. The Morgan fingerprint density at radius 1 is 1.29 bits per heavy atom. The summed E-state index contributed by atoms with van der Waals surface area (Å²) in [6.45, 7) is 1.11. The largest absolute Gasteiger partial charge is 0.458 e. The van der Waals surface area contributed by atoms with Gasteiger partial charge in [-0.25, -0.2) is 9.97 Å². The van der Waals surface area contributed by atoms with E-state index in [1.807, 2.05) is 0 Å². The molecule has 1 fully saturated rings. The van der Waals surface area contributed by atoms with Gasteiger partial charge in [-0.15, -0.1) is 0 Å². The van der Waals surface area contributed by atoms with Gasteiger partial charge in [0.05, 0.1) is 21.6 Å². The Hall–Kier alpha value is -1.37. The van der Waals surface area contributed by atoms with Crippen LogP contribution in [0.15, 0.2) is 35.1 Å². The number of hydrogen-bond donors (Lipinski definition) is 0. The van der Waals surface area contributed by atoms with Crippen LogP contribution >= 0.6 is 39.1 Å². The van der Waals surface area contributed by atoms with Gasteiger partial charge >= 0.3 is 6.01 Å². The van der Waals surface area contributed by atoms with Crippen LogP contribution in [0.3, 0.4) is 0 Å². The summed E-state index contributed by atoms with van der Waals surface area (Å²) in [6, 6.07) is 5.19. The second kappa shape index (κ2) is 7.68. The van der Waals surface area contributed by atoms with Gasteiger partial charge in [-0.05, 0) is 47.0 Å². The summed E-state index contributed by atoms with van der Waals surface area (Å²) in [4.78, 5) is 22.6. The fourth-order valence-corrected chi connectivity index (χ4v) is 3.14. The van der Waals surface area contributed by atoms with E-state index in [0.29, 0.717) is 34.7 Å². The number of piperidine rings is 1. The molecule has 0 radical (unpaired) electrons. The highest BCUT2D eigenvalue weighted by atomic mass is 79.9. The van der Waals surface area contributed by atoms with E-state index < -0.39 is 0 Å². The molecule has 1 aliphatic heterocycles. The van der Waals surface area contributed by atoms with Gasteiger partial charge in [0, 0.05) is 24.0 Å². The number of nitrogens with zero attached hydrogens (tertiary/aromatic N) is 3. The van der Waals surface area contributed by atoms with E-state index in [2.05, 4.69) is 25.9 Å². The van der Waals surface area contributed by atoms with Gasteiger partial charge < -0.3 is 9.64 Å². The third-order valence-electron chi connectivity index (χ3n) is 3.69. The molecule has 1 aliphatic rings. The molecule has 2 heterocycles. The average Bonchev–Trinajstić information content (AvgIpc) is 2.59. The van der Waals surface area contributed by atoms with E-state index in [1.165, 1.54) is 0 Å². The number of ether oxygens (including phenoxy) is 1. The number of carbonyl (C=O) groups excluding carboxylic acids is 1. The zero-order valence-corrected chi connectivity index (χ0v) is 15.7. The zero-order valence-electron chi connectivity index (χ0n) is 12.6. The van der Waals surface area contributed by atoms with Crippen LogP contribution < -0.4 is 4.74 Å². The lowest BCUT2D eigenvalue weighted by Gasteiger charge is -2.32. The Labute approximate surface area is 158 Å². The molecule has 2 aromatic rings. The molecule has 1 amide bonds. The maximum absolute atomic E-state index is 12.7. The van der Waals surface area contributed by atoms with Gasteiger partial charge in [-0.2, -0.15) is 0 Å². The zero-order chi connectivity index (χ0) is 17.1. The molecular formula is C16H14BrCl2N3O2. The van der Waals surface area contributed by atoms with Gasteiger partial charge in [-0.3, -0.25) is 4.79 Å². The predicted molar refractivity (Wildman–Crippen MR) is 95.7 cm³/mol. The highest BCUT2D eigenvalue weighted by Crippen LogP contribution is 2.24. The highest BCUT2D eigenvalue weighted by molar-refractivity contribution is 9.10. The molecule has 1 unspecified atom stereocenters. The van der Waals surface area contributed by atoms with Crippen molar-refractivity contribution in [2.45, 2.75) is 18.9 Å². The smallest absolute Gasteiger partial charge is 0.316 e. The van der Waals surface area contributed by atoms with Gasteiger partial charge in [0.1, 0.15) is 6.10 Å². The number of aromatic nitrogens is 2. The molecule has 0 bridgehead atoms. The average molecular weight is 431 g/mol. The summed E-state index contributed by atoms with van der Waals surface area (Å²) >= 11 is 15.4. The Balaban J connectivity index is 1.69. The number of benzene rings is 1. The molecule has 1 aromatic heterocycles. The number of likely N-dealkylation sites (tertiary alicyclic amines) is 1. The topological polar surface area (TPSA) is 55.3 Å². The molecule has 1 atom stereocenters. The molecule has 1 saturated heterocycles. The third kappa shape index (κ3) is 4.18. The van der Waals surface area contributed by atoms with Crippen molar-refractivity contribution >= 4 is 45.0 Å². The van der Waals surface area contributed by atoms with Crippen LogP contribution in [-0.4, -0.2) is 40.0 Å². The van der Waals surface area contributed by atoms with Gasteiger partial charge in [0.2, 0.25) is 0 Å². The normalized spacial score (nSPS) is 17.6. The van der Waals surface area contributed by atoms with Crippen molar-refractivity contribution in [1.82, 2.24) is 14.9 Å². The summed E-state index contributed by atoms with van der Waals surface area (Å²) in [6.07, 6.45) is 4.78. The first-order valence-electron chi connectivity index (χ1n) is 7.41. The maximum Gasteiger partial charge on any atom is 0.316 e. The van der Waals surface area contributed by atoms with Gasteiger partial charge in [-0.1, -0.05) is 23.2 Å². The van der Waals surface area contributed by atoms with Crippen molar-refractivity contribution in [2.75, 3.05) is 13.1 Å². The Morgan fingerprint density at radius 3 is 2.79 bits per heavy atom. The molecule has 1 aromatic carbocycles. The van der Waals surface area contributed by atoms with Crippen molar-refractivity contribution in [1.29, 1.82) is 0 Å². The Bertz CT molecular complexity index is 743. The summed E-state index contributed by atoms with van der Waals surface area (Å²) in [5, 5.41) is 0.875. The number of halogens is 3. The van der Waals surface area contributed by atoms with Crippen molar-refractivity contribution in [3.8, 4) is 6.01 Å². The molecule has 3 rings (SSSR count). The molecule has 0 spiro atoms. The van der Waals surface area contributed by atoms with E-state index in [-0.39, 0.29) is 12.0 Å². The van der Waals surface area contributed by atoms with Crippen molar-refractivity contribution < 1.29 is 9.53 Å². The standard InChI is InChI=1S/C16H14BrCl2N3O2/c17-10-7-20-16(21-8-10)24-12-2-1-5-22(9-12)15(23)13-6-11(18)3-4-14(13)19/h3-4,6-8,12H,1-2,5,9H2. The first-order chi connectivity index (χ1) is 11.5. The van der Waals surface area contributed by atoms with Crippen LogP contribution in [0.1, 0.15) is 23.2 Å². The quantitative estimate of drug-likeness (QED) is 0.731. The number of hydrogen-bond acceptors (Lipinski definition) is 4. The van der Waals surface area contributed by atoms with Crippen LogP contribution in [0.4, 0.5) is 0 Å². The minimum atomic E-state index is -0.151. The first kappa shape index (κ1) is 17.5. The fraction of sp³-hybridized carbons (Fsp3) is 0.312. The van der Waals surface area contributed by atoms with Gasteiger partial charge in [0.25, 0.3) is 5.91 Å². The van der Waals surface area contributed by atoms with Crippen molar-refractivity contribution in [3.05, 3.63) is 50.7 Å². The summed E-state index contributed by atoms with van der Waals surface area (Å²) in [5.41, 5.74) is 0.407. The second-order valence-electron chi connectivity index (χ2n) is 5.44. The third-order valence-corrected chi connectivity index (χ3v) is 4.67. The summed E-state index contributed by atoms with van der Waals surface area (Å²) in [5.74, 6) is -0.146. The fourth-order valence-electron chi connectivity index (χ4n) is 2.56. The van der Waals surface area contributed by atoms with Crippen molar-refractivity contribution in [2.24, 2.45) is 0 Å². The highest BCUT2D eigenvalue weighted by Gasteiger charge is 2.27. The minimum absolute atomic E-state index is 0.146. The van der Waals surface area contributed by atoms with Crippen molar-refractivity contribution in [3.63, 3.8) is 0 Å². The SMILES string of the molecule is O=C(c1cc(Cl)ccc1Cl)N1CCCC(Oc2ncc(Br)cn2)C1. The molecule has 0 saturated carbocycles. The van der Waals surface area contributed by atoms with E-state index in [1.54, 1.807) is 35.5 Å². The maximum atomic E-state index is 12.7. The minimum Gasteiger partial charge on any atom is -0.458 e. The van der Waals surface area contributed by atoms with Crippen LogP contribution in [0.5, 0.6) is 6.01 Å². The van der Waals surface area contributed by atoms with Crippen LogP contribution in [0.25, 0.3) is 0 Å². The molecule has 126 valence electrons. The lowest BCUT2D eigenvalue weighted by Crippen LogP contribution is -2.44. The van der Waals surface area contributed by atoms with Crippen LogP contribution in [0, 0.1) is 0 Å². The van der Waals surface area contributed by atoms with Crippen LogP contribution in [0.2, 0.25) is 10.0 Å². The number of carbonyl (C=O) groups is 1.